The Bertz CT molecular complexity index is 694. The van der Waals surface area contributed by atoms with Gasteiger partial charge in [-0.2, -0.15) is 0 Å². The Morgan fingerprint density at radius 1 is 1.20 bits per heavy atom. The summed E-state index contributed by atoms with van der Waals surface area (Å²) < 4.78 is 12.3. The van der Waals surface area contributed by atoms with E-state index >= 15 is 0 Å². The number of fused-ring (bicyclic) bond motifs is 1. The van der Waals surface area contributed by atoms with Crippen LogP contribution in [0.2, 0.25) is 0 Å². The monoisotopic (exact) mass is 339 g/mol. The van der Waals surface area contributed by atoms with Gasteiger partial charge in [0.15, 0.2) is 0 Å². The van der Waals surface area contributed by atoms with E-state index in [9.17, 15) is 0 Å². The van der Waals surface area contributed by atoms with Crippen molar-refractivity contribution in [3.05, 3.63) is 59.7 Å². The molecule has 1 aliphatic heterocycles. The zero-order valence-electron chi connectivity index (χ0n) is 14.7. The Balaban J connectivity index is 1.38. The number of aromatic nitrogens is 2. The van der Waals surface area contributed by atoms with Crippen molar-refractivity contribution in [3.63, 3.8) is 0 Å². The van der Waals surface area contributed by atoms with Crippen LogP contribution >= 0.6 is 0 Å². The quantitative estimate of drug-likeness (QED) is 0.838. The standard InChI is InChI=1S/C20H25N3O2/c1-15-3-2-4-17(22-15)13-23-11-12-24-20-18(23)5-6-19(20)25-14-16-7-9-21-10-8-16/h2-4,7-10,18-20H,5-6,11-14H2,1H3/t18-,19+,20+/m0/s1. The van der Waals surface area contributed by atoms with Gasteiger partial charge in [0.05, 0.1) is 31.1 Å². The molecule has 5 nitrogen and oxygen atoms in total. The Morgan fingerprint density at radius 3 is 2.92 bits per heavy atom. The maximum Gasteiger partial charge on any atom is 0.0992 e. The molecule has 1 saturated carbocycles. The number of morpholine rings is 1. The fourth-order valence-electron chi connectivity index (χ4n) is 3.94. The first-order valence-electron chi connectivity index (χ1n) is 9.08. The van der Waals surface area contributed by atoms with Gasteiger partial charge in [0, 0.05) is 37.2 Å². The van der Waals surface area contributed by atoms with E-state index in [-0.39, 0.29) is 12.2 Å². The first kappa shape index (κ1) is 16.6. The van der Waals surface area contributed by atoms with Gasteiger partial charge in [0.25, 0.3) is 0 Å². The fourth-order valence-corrected chi connectivity index (χ4v) is 3.94. The molecular formula is C20H25N3O2. The van der Waals surface area contributed by atoms with Crippen LogP contribution in [0.25, 0.3) is 0 Å². The number of ether oxygens (including phenoxy) is 2. The molecule has 1 saturated heterocycles. The van der Waals surface area contributed by atoms with Gasteiger partial charge in [-0.1, -0.05) is 6.07 Å². The van der Waals surface area contributed by atoms with Gasteiger partial charge in [0.2, 0.25) is 0 Å². The molecule has 0 bridgehead atoms. The largest absolute Gasteiger partial charge is 0.373 e. The van der Waals surface area contributed by atoms with E-state index in [0.717, 1.165) is 49.5 Å². The van der Waals surface area contributed by atoms with E-state index in [1.54, 1.807) is 0 Å². The fraction of sp³-hybridized carbons (Fsp3) is 0.500. The van der Waals surface area contributed by atoms with E-state index in [0.29, 0.717) is 12.6 Å². The second-order valence-electron chi connectivity index (χ2n) is 6.93. The highest BCUT2D eigenvalue weighted by Crippen LogP contribution is 2.33. The van der Waals surface area contributed by atoms with Crippen LogP contribution in [0, 0.1) is 6.92 Å². The molecular weight excluding hydrogens is 314 g/mol. The molecule has 0 aromatic carbocycles. The zero-order valence-corrected chi connectivity index (χ0v) is 14.7. The minimum atomic E-state index is 0.167. The van der Waals surface area contributed by atoms with E-state index in [1.165, 1.54) is 0 Å². The molecule has 2 aliphatic rings. The molecule has 5 heteroatoms. The smallest absolute Gasteiger partial charge is 0.0992 e. The van der Waals surface area contributed by atoms with Gasteiger partial charge in [-0.05, 0) is 49.6 Å². The lowest BCUT2D eigenvalue weighted by atomic mass is 10.1. The molecule has 0 amide bonds. The molecule has 0 spiro atoms. The molecule has 3 heterocycles. The minimum absolute atomic E-state index is 0.167. The van der Waals surface area contributed by atoms with Crippen LogP contribution in [0.5, 0.6) is 0 Å². The summed E-state index contributed by atoms with van der Waals surface area (Å²) in [4.78, 5) is 11.2. The normalized spacial score (nSPS) is 26.5. The summed E-state index contributed by atoms with van der Waals surface area (Å²) in [6.45, 7) is 5.29. The van der Waals surface area contributed by atoms with Crippen LogP contribution in [0.15, 0.2) is 42.7 Å². The van der Waals surface area contributed by atoms with Crippen molar-refractivity contribution in [2.45, 2.75) is 51.2 Å². The molecule has 132 valence electrons. The van der Waals surface area contributed by atoms with E-state index in [4.69, 9.17) is 9.47 Å². The average Bonchev–Trinajstić information content (AvgIpc) is 3.05. The van der Waals surface area contributed by atoms with Crippen LogP contribution < -0.4 is 0 Å². The Morgan fingerprint density at radius 2 is 2.08 bits per heavy atom. The number of pyridine rings is 2. The van der Waals surface area contributed by atoms with E-state index in [2.05, 4.69) is 27.0 Å². The van der Waals surface area contributed by atoms with Crippen LogP contribution in [-0.4, -0.2) is 46.3 Å². The zero-order chi connectivity index (χ0) is 17.1. The van der Waals surface area contributed by atoms with Gasteiger partial charge in [-0.3, -0.25) is 14.9 Å². The first-order valence-corrected chi connectivity index (χ1v) is 9.08. The molecule has 1 aliphatic carbocycles. The maximum atomic E-state index is 6.18. The van der Waals surface area contributed by atoms with Crippen molar-refractivity contribution in [2.75, 3.05) is 13.2 Å². The van der Waals surface area contributed by atoms with Crippen molar-refractivity contribution in [2.24, 2.45) is 0 Å². The van der Waals surface area contributed by atoms with E-state index in [1.807, 2.05) is 37.5 Å². The van der Waals surface area contributed by atoms with Gasteiger partial charge in [-0.25, -0.2) is 0 Å². The summed E-state index contributed by atoms with van der Waals surface area (Å²) in [7, 11) is 0. The lowest BCUT2D eigenvalue weighted by Gasteiger charge is -2.38. The molecule has 0 unspecified atom stereocenters. The average molecular weight is 339 g/mol. The molecule has 2 aromatic rings. The number of aryl methyl sites for hydroxylation is 1. The number of hydrogen-bond donors (Lipinski definition) is 0. The van der Waals surface area contributed by atoms with Gasteiger partial charge >= 0.3 is 0 Å². The molecule has 2 aromatic heterocycles. The van der Waals surface area contributed by atoms with Crippen molar-refractivity contribution in [1.82, 2.24) is 14.9 Å². The number of nitrogens with zero attached hydrogens (tertiary/aromatic N) is 3. The summed E-state index contributed by atoms with van der Waals surface area (Å²) in [6.07, 6.45) is 6.13. The van der Waals surface area contributed by atoms with Crippen LogP contribution in [-0.2, 0) is 22.6 Å². The maximum absolute atomic E-state index is 6.18. The third kappa shape index (κ3) is 3.89. The van der Waals surface area contributed by atoms with Gasteiger partial charge in [0.1, 0.15) is 0 Å². The van der Waals surface area contributed by atoms with Crippen molar-refractivity contribution < 1.29 is 9.47 Å². The second-order valence-corrected chi connectivity index (χ2v) is 6.93. The Labute approximate surface area is 149 Å². The predicted octanol–water partition coefficient (Wildman–Crippen LogP) is 2.73. The summed E-state index contributed by atoms with van der Waals surface area (Å²) >= 11 is 0. The van der Waals surface area contributed by atoms with E-state index < -0.39 is 0 Å². The summed E-state index contributed by atoms with van der Waals surface area (Å²) in [5, 5.41) is 0. The van der Waals surface area contributed by atoms with Crippen LogP contribution in [0.1, 0.15) is 29.8 Å². The lowest BCUT2D eigenvalue weighted by molar-refractivity contribution is -0.118. The molecule has 4 rings (SSSR count). The second kappa shape index (κ2) is 7.60. The highest BCUT2D eigenvalue weighted by Gasteiger charge is 2.43. The Kier molecular flexibility index (Phi) is 5.06. The summed E-state index contributed by atoms with van der Waals surface area (Å²) in [6, 6.07) is 10.7. The highest BCUT2D eigenvalue weighted by atomic mass is 16.5. The number of rotatable bonds is 5. The Hall–Kier alpha value is -1.82. The first-order chi connectivity index (χ1) is 12.3. The van der Waals surface area contributed by atoms with Crippen molar-refractivity contribution >= 4 is 0 Å². The summed E-state index contributed by atoms with van der Waals surface area (Å²) in [5.74, 6) is 0. The molecule has 0 N–H and O–H groups in total. The SMILES string of the molecule is Cc1cccc(CN2CCO[C@H]3[C@H](OCc4ccncc4)CC[C@@H]32)n1. The lowest BCUT2D eigenvalue weighted by Crippen LogP contribution is -2.51. The number of hydrogen-bond acceptors (Lipinski definition) is 5. The molecule has 2 fully saturated rings. The van der Waals surface area contributed by atoms with Crippen LogP contribution in [0.4, 0.5) is 0 Å². The predicted molar refractivity (Wildman–Crippen MR) is 95.0 cm³/mol. The van der Waals surface area contributed by atoms with Gasteiger partial charge in [-0.15, -0.1) is 0 Å². The molecule has 0 radical (unpaired) electrons. The van der Waals surface area contributed by atoms with Gasteiger partial charge < -0.3 is 9.47 Å². The minimum Gasteiger partial charge on any atom is -0.373 e. The molecule has 25 heavy (non-hydrogen) atoms. The molecule has 3 atom stereocenters. The van der Waals surface area contributed by atoms with Crippen molar-refractivity contribution in [1.29, 1.82) is 0 Å². The third-order valence-electron chi connectivity index (χ3n) is 5.17. The topological polar surface area (TPSA) is 47.5 Å². The highest BCUT2D eigenvalue weighted by molar-refractivity contribution is 5.11. The van der Waals surface area contributed by atoms with Crippen molar-refractivity contribution in [3.8, 4) is 0 Å². The third-order valence-corrected chi connectivity index (χ3v) is 5.17. The summed E-state index contributed by atoms with van der Waals surface area (Å²) in [5.41, 5.74) is 3.38. The van der Waals surface area contributed by atoms with Crippen LogP contribution in [0.3, 0.4) is 0 Å².